The van der Waals surface area contributed by atoms with E-state index in [9.17, 15) is 4.21 Å². The first-order valence-corrected chi connectivity index (χ1v) is 7.06. The number of hydrogen-bond donors (Lipinski definition) is 2. The summed E-state index contributed by atoms with van der Waals surface area (Å²) in [7, 11) is 0. The van der Waals surface area contributed by atoms with Crippen LogP contribution in [0.4, 0.5) is 0 Å². The molecule has 0 fully saturated rings. The topological polar surface area (TPSA) is 67.5 Å². The van der Waals surface area contributed by atoms with Crippen molar-refractivity contribution >= 4 is 32.9 Å². The minimum absolute atomic E-state index is 0.302. The van der Waals surface area contributed by atoms with E-state index in [0.717, 1.165) is 22.2 Å². The fourth-order valence-electron chi connectivity index (χ4n) is 1.15. The second kappa shape index (κ2) is 7.62. The molecule has 0 aromatic carbocycles. The quantitative estimate of drug-likeness (QED) is 0.781. The Balaban J connectivity index is 0.00000106. The molecule has 16 heavy (non-hydrogen) atoms. The van der Waals surface area contributed by atoms with Gasteiger partial charge in [0.2, 0.25) is 11.2 Å². The van der Waals surface area contributed by atoms with E-state index in [1.54, 1.807) is 0 Å². The number of amidine groups is 1. The van der Waals surface area contributed by atoms with Gasteiger partial charge in [-0.1, -0.05) is 42.8 Å². The Labute approximate surface area is 108 Å². The lowest BCUT2D eigenvalue weighted by Crippen LogP contribution is -2.31. The Morgan fingerprint density at radius 3 is 2.62 bits per heavy atom. The molecule has 0 amide bonds. The highest BCUT2D eigenvalue weighted by atomic mass is 79.9. The van der Waals surface area contributed by atoms with Gasteiger partial charge < -0.3 is 5.73 Å². The van der Waals surface area contributed by atoms with E-state index < -0.39 is 11.2 Å². The first-order chi connectivity index (χ1) is 7.56. The highest BCUT2D eigenvalue weighted by Gasteiger charge is 2.19. The van der Waals surface area contributed by atoms with Crippen LogP contribution in [0.2, 0.25) is 0 Å². The lowest BCUT2D eigenvalue weighted by molar-refractivity contribution is 0.679. The second-order valence-corrected chi connectivity index (χ2v) is 4.84. The van der Waals surface area contributed by atoms with Crippen LogP contribution in [-0.2, 0) is 11.2 Å². The van der Waals surface area contributed by atoms with E-state index in [1.165, 1.54) is 0 Å². The normalized spacial score (nSPS) is 25.2. The van der Waals surface area contributed by atoms with Gasteiger partial charge in [-0.05, 0) is 13.3 Å². The molecule has 0 saturated heterocycles. The number of nitrogens with two attached hydrogens (primary N) is 1. The summed E-state index contributed by atoms with van der Waals surface area (Å²) in [5, 5.41) is 0. The summed E-state index contributed by atoms with van der Waals surface area (Å²) >= 11 is 1.90. The molecule has 0 bridgehead atoms. The van der Waals surface area contributed by atoms with Crippen molar-refractivity contribution in [2.45, 2.75) is 34.1 Å². The van der Waals surface area contributed by atoms with Gasteiger partial charge in [0.25, 0.3) is 0 Å². The summed E-state index contributed by atoms with van der Waals surface area (Å²) in [6.07, 6.45) is 2.77. The van der Waals surface area contributed by atoms with Gasteiger partial charge in [0.05, 0.1) is 11.3 Å². The van der Waals surface area contributed by atoms with E-state index in [4.69, 9.17) is 5.73 Å². The molecule has 1 aliphatic heterocycles. The minimum atomic E-state index is -1.45. The van der Waals surface area contributed by atoms with Crippen molar-refractivity contribution in [3.8, 4) is 0 Å². The molecule has 0 aliphatic carbocycles. The van der Waals surface area contributed by atoms with Crippen molar-refractivity contribution in [3.63, 3.8) is 0 Å². The lowest BCUT2D eigenvalue weighted by atomic mass is 10.1. The van der Waals surface area contributed by atoms with Crippen molar-refractivity contribution in [1.82, 2.24) is 4.72 Å². The highest BCUT2D eigenvalue weighted by molar-refractivity contribution is 9.11. The summed E-state index contributed by atoms with van der Waals surface area (Å²) in [6.45, 7) is 7.87. The average molecular weight is 308 g/mol. The number of hydrogen-bond acceptors (Lipinski definition) is 2. The van der Waals surface area contributed by atoms with Gasteiger partial charge in [-0.25, -0.2) is 4.21 Å². The van der Waals surface area contributed by atoms with Crippen LogP contribution in [0, 0.1) is 0 Å². The Bertz CT molecular complexity index is 357. The molecule has 92 valence electrons. The van der Waals surface area contributed by atoms with Crippen molar-refractivity contribution in [2.75, 3.05) is 0 Å². The number of halogens is 1. The molecule has 1 aliphatic rings. The average Bonchev–Trinajstić information content (AvgIpc) is 2.19. The Kier molecular flexibility index (Phi) is 7.33. The van der Waals surface area contributed by atoms with Gasteiger partial charge in [0.1, 0.15) is 5.84 Å². The summed E-state index contributed by atoms with van der Waals surface area (Å²) in [5.74, 6) is 0.302. The predicted molar refractivity (Wildman–Crippen MR) is 74.2 cm³/mol. The van der Waals surface area contributed by atoms with Gasteiger partial charge in [-0.3, -0.25) is 4.72 Å². The number of nitrogens with one attached hydrogen (secondary N) is 1. The molecule has 0 aromatic heterocycles. The van der Waals surface area contributed by atoms with Crippen molar-refractivity contribution in [1.29, 1.82) is 0 Å². The smallest absolute Gasteiger partial charge is 0.244 e. The summed E-state index contributed by atoms with van der Waals surface area (Å²) < 4.78 is 18.6. The molecule has 3 N–H and O–H groups in total. The van der Waals surface area contributed by atoms with Crippen molar-refractivity contribution in [3.05, 3.63) is 21.8 Å². The molecule has 0 radical (unpaired) electrons. The standard InChI is InChI=1S/C8H12BrN3OS.C2H6/c1-3-4-6-7(5(2)9)8(10)12-14(13)11-6;1-2/h4,11H,3H2,1-2H3,(H2,10,12);1-2H3/b6-4+,7-5-;. The zero-order valence-corrected chi connectivity index (χ0v) is 12.4. The van der Waals surface area contributed by atoms with Crippen LogP contribution in [0.1, 0.15) is 34.1 Å². The SMILES string of the molecule is CC.CC/C=C1/NS(=O)N=C(N)/C1=C(/C)Br. The Morgan fingerprint density at radius 2 is 2.19 bits per heavy atom. The largest absolute Gasteiger partial charge is 0.382 e. The lowest BCUT2D eigenvalue weighted by Gasteiger charge is -2.18. The molecule has 1 atom stereocenters. The second-order valence-electron chi connectivity index (χ2n) is 2.76. The van der Waals surface area contributed by atoms with Crippen LogP contribution >= 0.6 is 15.9 Å². The first kappa shape index (κ1) is 15.4. The molecule has 4 nitrogen and oxygen atoms in total. The van der Waals surface area contributed by atoms with Gasteiger partial charge in [0, 0.05) is 4.48 Å². The molecule has 6 heteroatoms. The Morgan fingerprint density at radius 1 is 1.62 bits per heavy atom. The van der Waals surface area contributed by atoms with Crippen molar-refractivity contribution < 1.29 is 4.21 Å². The Hall–Kier alpha value is -0.620. The molecule has 0 spiro atoms. The third kappa shape index (κ3) is 4.09. The maximum Gasteiger partial charge on any atom is 0.244 e. The number of rotatable bonds is 1. The first-order valence-electron chi connectivity index (χ1n) is 5.16. The molecule has 1 rings (SSSR count). The monoisotopic (exact) mass is 307 g/mol. The minimum Gasteiger partial charge on any atom is -0.382 e. The summed E-state index contributed by atoms with van der Waals surface area (Å²) in [5.41, 5.74) is 7.23. The van der Waals surface area contributed by atoms with Gasteiger partial charge in [0.15, 0.2) is 0 Å². The summed E-state index contributed by atoms with van der Waals surface area (Å²) in [4.78, 5) is 0. The number of allylic oxidation sites excluding steroid dienone is 2. The van der Waals surface area contributed by atoms with E-state index in [1.807, 2.05) is 33.8 Å². The molecular formula is C10H18BrN3OS. The van der Waals surface area contributed by atoms with Crippen LogP contribution < -0.4 is 10.5 Å². The van der Waals surface area contributed by atoms with Gasteiger partial charge in [-0.2, -0.15) is 4.40 Å². The highest BCUT2D eigenvalue weighted by Crippen LogP contribution is 2.21. The summed E-state index contributed by atoms with van der Waals surface area (Å²) in [6, 6.07) is 0. The van der Waals surface area contributed by atoms with Crippen LogP contribution in [0.15, 0.2) is 26.2 Å². The molecule has 0 aromatic rings. The number of nitrogens with zero attached hydrogens (tertiary/aromatic N) is 1. The predicted octanol–water partition coefficient (Wildman–Crippen LogP) is 2.51. The van der Waals surface area contributed by atoms with E-state index >= 15 is 0 Å². The zero-order chi connectivity index (χ0) is 12.7. The molecular weight excluding hydrogens is 290 g/mol. The van der Waals surface area contributed by atoms with Crippen molar-refractivity contribution in [2.24, 2.45) is 10.1 Å². The third-order valence-electron chi connectivity index (χ3n) is 1.66. The zero-order valence-electron chi connectivity index (χ0n) is 10.0. The molecule has 1 heterocycles. The van der Waals surface area contributed by atoms with E-state index in [-0.39, 0.29) is 0 Å². The fourth-order valence-corrected chi connectivity index (χ4v) is 2.26. The third-order valence-corrected chi connectivity index (χ3v) is 2.81. The van der Waals surface area contributed by atoms with Crippen LogP contribution in [0.25, 0.3) is 0 Å². The van der Waals surface area contributed by atoms with E-state index in [2.05, 4.69) is 25.0 Å². The molecule has 0 saturated carbocycles. The maximum atomic E-state index is 11.2. The van der Waals surface area contributed by atoms with Crippen LogP contribution in [0.3, 0.4) is 0 Å². The van der Waals surface area contributed by atoms with Crippen LogP contribution in [-0.4, -0.2) is 10.0 Å². The maximum absolute atomic E-state index is 11.2. The van der Waals surface area contributed by atoms with E-state index in [0.29, 0.717) is 5.84 Å². The van der Waals surface area contributed by atoms with Gasteiger partial charge in [-0.15, -0.1) is 0 Å². The van der Waals surface area contributed by atoms with Gasteiger partial charge >= 0.3 is 0 Å². The molecule has 1 unspecified atom stereocenters. The fraction of sp³-hybridized carbons (Fsp3) is 0.500. The van der Waals surface area contributed by atoms with Crippen LogP contribution in [0.5, 0.6) is 0 Å².